The maximum absolute atomic E-state index is 5.99. The van der Waals surface area contributed by atoms with Crippen LogP contribution in [-0.4, -0.2) is 18.7 Å². The Kier molecular flexibility index (Phi) is 3.62. The predicted octanol–water partition coefficient (Wildman–Crippen LogP) is 3.46. The number of ether oxygens (including phenoxy) is 1. The topological polar surface area (TPSA) is 21.3 Å². The number of nitrogens with one attached hydrogen (secondary N) is 1. The first-order valence-electron chi connectivity index (χ1n) is 6.93. The molecule has 0 spiro atoms. The molecule has 1 aromatic rings. The second-order valence-electron chi connectivity index (χ2n) is 5.54. The smallest absolute Gasteiger partial charge is 0.126 e. The number of benzene rings is 1. The van der Waals surface area contributed by atoms with Crippen LogP contribution < -0.4 is 10.1 Å². The van der Waals surface area contributed by atoms with Crippen LogP contribution in [0.1, 0.15) is 37.3 Å². The van der Waals surface area contributed by atoms with Gasteiger partial charge in [0.2, 0.25) is 0 Å². The molecule has 3 heteroatoms. The number of halogens is 1. The van der Waals surface area contributed by atoms with Crippen molar-refractivity contribution in [2.45, 2.75) is 51.2 Å². The number of hydrogen-bond acceptors (Lipinski definition) is 2. The summed E-state index contributed by atoms with van der Waals surface area (Å²) in [5.74, 6) is 1.15. The van der Waals surface area contributed by atoms with Crippen LogP contribution in [0.3, 0.4) is 0 Å². The maximum Gasteiger partial charge on any atom is 0.126 e. The molecule has 98 valence electrons. The predicted molar refractivity (Wildman–Crippen MR) is 77.3 cm³/mol. The van der Waals surface area contributed by atoms with Crippen molar-refractivity contribution >= 4 is 15.9 Å². The van der Waals surface area contributed by atoms with Gasteiger partial charge < -0.3 is 10.1 Å². The fourth-order valence-electron chi connectivity index (χ4n) is 3.08. The van der Waals surface area contributed by atoms with Gasteiger partial charge in [0.25, 0.3) is 0 Å². The van der Waals surface area contributed by atoms with Gasteiger partial charge in [0.15, 0.2) is 0 Å². The molecule has 0 aromatic heterocycles. The van der Waals surface area contributed by atoms with Crippen molar-refractivity contribution in [1.82, 2.24) is 5.32 Å². The second-order valence-corrected chi connectivity index (χ2v) is 6.45. The Labute approximate surface area is 117 Å². The zero-order valence-electron chi connectivity index (χ0n) is 10.8. The van der Waals surface area contributed by atoms with E-state index in [1.165, 1.54) is 34.9 Å². The third-order valence-corrected chi connectivity index (χ3v) is 4.37. The van der Waals surface area contributed by atoms with Gasteiger partial charge in [-0.1, -0.05) is 22.4 Å². The molecule has 2 aliphatic rings. The molecule has 0 amide bonds. The number of hydrogen-bond donors (Lipinski definition) is 1. The lowest BCUT2D eigenvalue weighted by Gasteiger charge is -2.24. The Bertz CT molecular complexity index is 440. The molecule has 2 heterocycles. The molecule has 1 saturated heterocycles. The molecular formula is C15H20BrNO. The molecular weight excluding hydrogens is 290 g/mol. The van der Waals surface area contributed by atoms with Gasteiger partial charge in [0, 0.05) is 16.9 Å². The molecule has 0 radical (unpaired) electrons. The lowest BCUT2D eigenvalue weighted by Crippen LogP contribution is -2.35. The summed E-state index contributed by atoms with van der Waals surface area (Å²) in [4.78, 5) is 0. The first kappa shape index (κ1) is 12.5. The van der Waals surface area contributed by atoms with Crippen molar-refractivity contribution in [2.75, 3.05) is 6.54 Å². The quantitative estimate of drug-likeness (QED) is 0.903. The monoisotopic (exact) mass is 309 g/mol. The van der Waals surface area contributed by atoms with E-state index in [1.54, 1.807) is 0 Å². The van der Waals surface area contributed by atoms with Crippen LogP contribution in [0.15, 0.2) is 16.6 Å². The van der Waals surface area contributed by atoms with Crippen LogP contribution in [0.5, 0.6) is 5.75 Å². The lowest BCUT2D eigenvalue weighted by molar-refractivity contribution is 0.251. The standard InChI is InChI=1S/C15H20BrNO/c1-10-6-11-7-13(16)8-12(15(11)18-10)9-14-4-2-3-5-17-14/h7-8,10,14,17H,2-6,9H2,1H3. The Balaban J connectivity index is 1.83. The van der Waals surface area contributed by atoms with E-state index in [0.29, 0.717) is 12.1 Å². The van der Waals surface area contributed by atoms with Crippen LogP contribution >= 0.6 is 15.9 Å². The Morgan fingerprint density at radius 3 is 3.06 bits per heavy atom. The molecule has 18 heavy (non-hydrogen) atoms. The molecule has 0 bridgehead atoms. The van der Waals surface area contributed by atoms with Gasteiger partial charge in [-0.05, 0) is 56.0 Å². The van der Waals surface area contributed by atoms with Crippen LogP contribution in [0.2, 0.25) is 0 Å². The lowest BCUT2D eigenvalue weighted by atomic mass is 9.96. The highest BCUT2D eigenvalue weighted by Gasteiger charge is 2.24. The fraction of sp³-hybridized carbons (Fsp3) is 0.600. The van der Waals surface area contributed by atoms with Crippen molar-refractivity contribution in [1.29, 1.82) is 0 Å². The van der Waals surface area contributed by atoms with Gasteiger partial charge in [0.05, 0.1) is 0 Å². The summed E-state index contributed by atoms with van der Waals surface area (Å²) in [5, 5.41) is 3.62. The molecule has 1 N–H and O–H groups in total. The highest BCUT2D eigenvalue weighted by molar-refractivity contribution is 9.10. The molecule has 2 nitrogen and oxygen atoms in total. The fourth-order valence-corrected chi connectivity index (χ4v) is 3.64. The van der Waals surface area contributed by atoms with E-state index in [1.807, 2.05) is 0 Å². The van der Waals surface area contributed by atoms with Gasteiger partial charge >= 0.3 is 0 Å². The minimum absolute atomic E-state index is 0.326. The summed E-state index contributed by atoms with van der Waals surface area (Å²) in [6, 6.07) is 5.06. The van der Waals surface area contributed by atoms with Crippen LogP contribution in [-0.2, 0) is 12.8 Å². The van der Waals surface area contributed by atoms with Crippen molar-refractivity contribution in [3.8, 4) is 5.75 Å². The summed E-state index contributed by atoms with van der Waals surface area (Å²) < 4.78 is 7.17. The summed E-state index contributed by atoms with van der Waals surface area (Å²) in [6.45, 7) is 3.31. The van der Waals surface area contributed by atoms with E-state index in [4.69, 9.17) is 4.74 Å². The average Bonchev–Trinajstić information content (AvgIpc) is 2.71. The molecule has 1 aromatic carbocycles. The van der Waals surface area contributed by atoms with Crippen molar-refractivity contribution in [3.63, 3.8) is 0 Å². The second kappa shape index (κ2) is 5.22. The van der Waals surface area contributed by atoms with Gasteiger partial charge in [-0.2, -0.15) is 0 Å². The van der Waals surface area contributed by atoms with Gasteiger partial charge in [0.1, 0.15) is 11.9 Å². The number of rotatable bonds is 2. The molecule has 0 saturated carbocycles. The number of fused-ring (bicyclic) bond motifs is 1. The van der Waals surface area contributed by atoms with Crippen molar-refractivity contribution in [2.24, 2.45) is 0 Å². The summed E-state index contributed by atoms with van der Waals surface area (Å²) in [5.41, 5.74) is 2.73. The maximum atomic E-state index is 5.99. The van der Waals surface area contributed by atoms with E-state index >= 15 is 0 Å². The highest BCUT2D eigenvalue weighted by Crippen LogP contribution is 2.36. The van der Waals surface area contributed by atoms with E-state index in [-0.39, 0.29) is 0 Å². The molecule has 2 aliphatic heterocycles. The van der Waals surface area contributed by atoms with Gasteiger partial charge in [-0.15, -0.1) is 0 Å². The molecule has 0 aliphatic carbocycles. The Morgan fingerprint density at radius 2 is 2.28 bits per heavy atom. The van der Waals surface area contributed by atoms with E-state index in [2.05, 4.69) is 40.3 Å². The molecule has 3 rings (SSSR count). The van der Waals surface area contributed by atoms with E-state index in [0.717, 1.165) is 25.1 Å². The third-order valence-electron chi connectivity index (χ3n) is 3.91. The van der Waals surface area contributed by atoms with Crippen molar-refractivity contribution in [3.05, 3.63) is 27.7 Å². The summed E-state index contributed by atoms with van der Waals surface area (Å²) >= 11 is 3.62. The average molecular weight is 310 g/mol. The van der Waals surface area contributed by atoms with Crippen LogP contribution in [0.25, 0.3) is 0 Å². The first-order valence-corrected chi connectivity index (χ1v) is 7.73. The van der Waals surface area contributed by atoms with Gasteiger partial charge in [-0.25, -0.2) is 0 Å². The molecule has 2 unspecified atom stereocenters. The Morgan fingerprint density at radius 1 is 1.39 bits per heavy atom. The van der Waals surface area contributed by atoms with E-state index < -0.39 is 0 Å². The largest absolute Gasteiger partial charge is 0.490 e. The highest BCUT2D eigenvalue weighted by atomic mass is 79.9. The summed E-state index contributed by atoms with van der Waals surface area (Å²) in [7, 11) is 0. The normalized spacial score (nSPS) is 26.8. The minimum atomic E-state index is 0.326. The van der Waals surface area contributed by atoms with Crippen molar-refractivity contribution < 1.29 is 4.74 Å². The third kappa shape index (κ3) is 2.57. The molecule has 2 atom stereocenters. The van der Waals surface area contributed by atoms with Crippen LogP contribution in [0.4, 0.5) is 0 Å². The van der Waals surface area contributed by atoms with Gasteiger partial charge in [-0.3, -0.25) is 0 Å². The Hall–Kier alpha value is -0.540. The SMILES string of the molecule is CC1Cc2cc(Br)cc(CC3CCCCN3)c2O1. The number of piperidine rings is 1. The minimum Gasteiger partial charge on any atom is -0.490 e. The summed E-state index contributed by atoms with van der Waals surface area (Å²) in [6.07, 6.45) is 6.42. The first-order chi connectivity index (χ1) is 8.72. The van der Waals surface area contributed by atoms with Crippen LogP contribution in [0, 0.1) is 0 Å². The zero-order chi connectivity index (χ0) is 12.5. The molecule has 1 fully saturated rings. The zero-order valence-corrected chi connectivity index (χ0v) is 12.4. The van der Waals surface area contributed by atoms with E-state index in [9.17, 15) is 0 Å².